The van der Waals surface area contributed by atoms with Crippen LogP contribution >= 0.6 is 0 Å². The lowest BCUT2D eigenvalue weighted by Crippen LogP contribution is -2.26. The van der Waals surface area contributed by atoms with Crippen molar-refractivity contribution in [2.24, 2.45) is 0 Å². The lowest BCUT2D eigenvalue weighted by molar-refractivity contribution is -0.118. The summed E-state index contributed by atoms with van der Waals surface area (Å²) in [6.45, 7) is 4.36. The summed E-state index contributed by atoms with van der Waals surface area (Å²) in [6.07, 6.45) is 2.53. The molecule has 0 radical (unpaired) electrons. The van der Waals surface area contributed by atoms with E-state index >= 15 is 0 Å². The van der Waals surface area contributed by atoms with E-state index in [1.54, 1.807) is 42.7 Å². The Morgan fingerprint density at radius 3 is 2.57 bits per heavy atom. The third-order valence-corrected chi connectivity index (χ3v) is 4.87. The molecule has 0 aliphatic carbocycles. The van der Waals surface area contributed by atoms with E-state index in [4.69, 9.17) is 9.15 Å². The van der Waals surface area contributed by atoms with Crippen molar-refractivity contribution in [1.82, 2.24) is 5.32 Å². The monoisotopic (exact) mass is 406 g/mol. The predicted octanol–water partition coefficient (Wildman–Crippen LogP) is 4.74. The number of nitrogens with one attached hydrogen (secondary N) is 2. The standard InChI is InChI=1S/C24H26N2O4/c1-3-17(2)19-10-5-7-13-22(19)30-16-23(27)26-21-12-6-4-11-20(21)24(28)25-15-18-9-8-14-29-18/h4-14,17H,3,15-16H2,1-2H3,(H,25,28)(H,26,27). The molecule has 1 aromatic heterocycles. The molecule has 0 spiro atoms. The third-order valence-electron chi connectivity index (χ3n) is 4.87. The molecule has 6 heteroatoms. The van der Waals surface area contributed by atoms with E-state index in [9.17, 15) is 9.59 Å². The van der Waals surface area contributed by atoms with Gasteiger partial charge in [0.1, 0.15) is 11.5 Å². The van der Waals surface area contributed by atoms with Crippen LogP contribution in [-0.2, 0) is 11.3 Å². The number of hydrogen-bond acceptors (Lipinski definition) is 4. The molecule has 1 heterocycles. The van der Waals surface area contributed by atoms with Crippen LogP contribution in [0.2, 0.25) is 0 Å². The number of furan rings is 1. The van der Waals surface area contributed by atoms with E-state index in [1.165, 1.54) is 0 Å². The van der Waals surface area contributed by atoms with Crippen molar-refractivity contribution in [2.45, 2.75) is 32.7 Å². The van der Waals surface area contributed by atoms with Gasteiger partial charge >= 0.3 is 0 Å². The average molecular weight is 406 g/mol. The fraction of sp³-hybridized carbons (Fsp3) is 0.250. The maximum atomic E-state index is 12.5. The molecule has 2 amide bonds. The maximum absolute atomic E-state index is 12.5. The highest BCUT2D eigenvalue weighted by molar-refractivity contribution is 6.04. The zero-order valence-electron chi connectivity index (χ0n) is 17.2. The maximum Gasteiger partial charge on any atom is 0.262 e. The minimum absolute atomic E-state index is 0.143. The fourth-order valence-electron chi connectivity index (χ4n) is 3.03. The molecule has 30 heavy (non-hydrogen) atoms. The molecular weight excluding hydrogens is 380 g/mol. The number of anilines is 1. The Kier molecular flexibility index (Phi) is 7.27. The zero-order valence-corrected chi connectivity index (χ0v) is 17.2. The third kappa shape index (κ3) is 5.50. The van der Waals surface area contributed by atoms with E-state index in [2.05, 4.69) is 24.5 Å². The minimum atomic E-state index is -0.333. The van der Waals surface area contributed by atoms with Crippen LogP contribution in [0.1, 0.15) is 47.9 Å². The fourth-order valence-corrected chi connectivity index (χ4v) is 3.03. The van der Waals surface area contributed by atoms with Crippen molar-refractivity contribution in [1.29, 1.82) is 0 Å². The summed E-state index contributed by atoms with van der Waals surface area (Å²) in [7, 11) is 0. The van der Waals surface area contributed by atoms with Crippen LogP contribution in [0, 0.1) is 0 Å². The van der Waals surface area contributed by atoms with Crippen molar-refractivity contribution in [3.8, 4) is 5.75 Å². The van der Waals surface area contributed by atoms with Crippen molar-refractivity contribution in [3.63, 3.8) is 0 Å². The molecule has 1 unspecified atom stereocenters. The Bertz CT molecular complexity index is 982. The number of carbonyl (C=O) groups is 2. The summed E-state index contributed by atoms with van der Waals surface area (Å²) >= 11 is 0. The summed E-state index contributed by atoms with van der Waals surface area (Å²) in [5.41, 5.74) is 1.88. The molecule has 0 saturated carbocycles. The van der Waals surface area contributed by atoms with Gasteiger partial charge in [-0.15, -0.1) is 0 Å². The molecule has 0 bridgehead atoms. The number of rotatable bonds is 9. The van der Waals surface area contributed by atoms with Crippen LogP contribution in [0.15, 0.2) is 71.3 Å². The van der Waals surface area contributed by atoms with Crippen molar-refractivity contribution >= 4 is 17.5 Å². The minimum Gasteiger partial charge on any atom is -0.483 e. The van der Waals surface area contributed by atoms with Gasteiger partial charge in [0.15, 0.2) is 6.61 Å². The van der Waals surface area contributed by atoms with Gasteiger partial charge in [0, 0.05) is 0 Å². The van der Waals surface area contributed by atoms with Crippen molar-refractivity contribution < 1.29 is 18.7 Å². The van der Waals surface area contributed by atoms with Crippen LogP contribution in [0.25, 0.3) is 0 Å². The van der Waals surface area contributed by atoms with Gasteiger partial charge in [0.05, 0.1) is 24.1 Å². The molecule has 0 fully saturated rings. The van der Waals surface area contributed by atoms with Crippen molar-refractivity contribution in [3.05, 3.63) is 83.8 Å². The van der Waals surface area contributed by atoms with Gasteiger partial charge in [-0.25, -0.2) is 0 Å². The summed E-state index contributed by atoms with van der Waals surface area (Å²) in [5, 5.41) is 5.55. The second kappa shape index (κ2) is 10.3. The van der Waals surface area contributed by atoms with E-state index in [-0.39, 0.29) is 25.0 Å². The first-order valence-electron chi connectivity index (χ1n) is 9.99. The number of hydrogen-bond donors (Lipinski definition) is 2. The van der Waals surface area contributed by atoms with Gasteiger partial charge < -0.3 is 19.8 Å². The molecule has 0 saturated heterocycles. The molecule has 3 aromatic rings. The summed E-state index contributed by atoms with van der Waals surface area (Å²) in [6, 6.07) is 18.1. The first kappa shape index (κ1) is 21.2. The lowest BCUT2D eigenvalue weighted by atomic mass is 9.98. The molecule has 2 N–H and O–H groups in total. The molecule has 0 aliphatic heterocycles. The normalized spacial score (nSPS) is 11.5. The van der Waals surface area contributed by atoms with Crippen LogP contribution in [0.5, 0.6) is 5.75 Å². The van der Waals surface area contributed by atoms with Gasteiger partial charge in [0.25, 0.3) is 11.8 Å². The van der Waals surface area contributed by atoms with Crippen LogP contribution in [0.3, 0.4) is 0 Å². The SMILES string of the molecule is CCC(C)c1ccccc1OCC(=O)Nc1ccccc1C(=O)NCc1ccco1. The van der Waals surface area contributed by atoms with Gasteiger partial charge in [-0.1, -0.05) is 44.2 Å². The zero-order chi connectivity index (χ0) is 21.3. The summed E-state index contributed by atoms with van der Waals surface area (Å²) in [4.78, 5) is 25.0. The highest BCUT2D eigenvalue weighted by Crippen LogP contribution is 2.28. The molecule has 6 nitrogen and oxygen atoms in total. The second-order valence-electron chi connectivity index (χ2n) is 6.99. The van der Waals surface area contributed by atoms with Crippen molar-refractivity contribution in [2.75, 3.05) is 11.9 Å². The lowest BCUT2D eigenvalue weighted by Gasteiger charge is -2.16. The molecule has 0 aliphatic rings. The predicted molar refractivity (Wildman–Crippen MR) is 116 cm³/mol. The number of amides is 2. The van der Waals surface area contributed by atoms with Gasteiger partial charge in [-0.2, -0.15) is 0 Å². The molecular formula is C24H26N2O4. The number of ether oxygens (including phenoxy) is 1. The molecule has 2 aromatic carbocycles. The van der Waals surface area contributed by atoms with E-state index in [0.717, 1.165) is 12.0 Å². The Morgan fingerprint density at radius 2 is 1.80 bits per heavy atom. The van der Waals surface area contributed by atoms with Crippen LogP contribution in [-0.4, -0.2) is 18.4 Å². The van der Waals surface area contributed by atoms with Gasteiger partial charge in [-0.05, 0) is 48.2 Å². The molecule has 156 valence electrons. The first-order chi connectivity index (χ1) is 14.6. The average Bonchev–Trinajstić information content (AvgIpc) is 3.30. The summed E-state index contributed by atoms with van der Waals surface area (Å²) in [5.74, 6) is 1.05. The van der Waals surface area contributed by atoms with Crippen LogP contribution in [0.4, 0.5) is 5.69 Å². The number of benzene rings is 2. The smallest absolute Gasteiger partial charge is 0.262 e. The highest BCUT2D eigenvalue weighted by atomic mass is 16.5. The molecule has 3 rings (SSSR count). The van der Waals surface area contributed by atoms with E-state index in [0.29, 0.717) is 28.7 Å². The Balaban J connectivity index is 1.61. The number of para-hydroxylation sites is 2. The first-order valence-corrected chi connectivity index (χ1v) is 9.99. The van der Waals surface area contributed by atoms with Crippen LogP contribution < -0.4 is 15.4 Å². The summed E-state index contributed by atoms with van der Waals surface area (Å²) < 4.78 is 11.0. The highest BCUT2D eigenvalue weighted by Gasteiger charge is 2.15. The Morgan fingerprint density at radius 1 is 1.03 bits per heavy atom. The molecule has 1 atom stereocenters. The topological polar surface area (TPSA) is 80.6 Å². The number of carbonyl (C=O) groups excluding carboxylic acids is 2. The Labute approximate surface area is 176 Å². The quantitative estimate of drug-likeness (QED) is 0.538. The van der Waals surface area contributed by atoms with E-state index in [1.807, 2.05) is 24.3 Å². The van der Waals surface area contributed by atoms with E-state index < -0.39 is 0 Å². The second-order valence-corrected chi connectivity index (χ2v) is 6.99. The largest absolute Gasteiger partial charge is 0.483 e. The Hall–Kier alpha value is -3.54. The van der Waals surface area contributed by atoms with Gasteiger partial charge in [0.2, 0.25) is 0 Å². The van der Waals surface area contributed by atoms with Gasteiger partial charge in [-0.3, -0.25) is 9.59 Å².